The van der Waals surface area contributed by atoms with Gasteiger partial charge < -0.3 is 10.2 Å². The number of rotatable bonds is 6. The van der Waals surface area contributed by atoms with E-state index in [1.54, 1.807) is 12.1 Å². The maximum absolute atomic E-state index is 13.9. The lowest BCUT2D eigenvalue weighted by atomic mass is 9.90. The normalized spacial score (nSPS) is 19.1. The molecule has 1 saturated heterocycles. The number of piperazine rings is 1. The number of nitrogens with zero attached hydrogens (tertiary/aromatic N) is 2. The second kappa shape index (κ2) is 8.64. The van der Waals surface area contributed by atoms with Gasteiger partial charge in [0.05, 0.1) is 0 Å². The molecule has 1 fully saturated rings. The summed E-state index contributed by atoms with van der Waals surface area (Å²) in [6, 6.07) is 15.2. The third-order valence-electron chi connectivity index (χ3n) is 6.57. The van der Waals surface area contributed by atoms with Crippen molar-refractivity contribution < 1.29 is 9.18 Å². The highest BCUT2D eigenvalue weighted by Gasteiger charge is 2.48. The summed E-state index contributed by atoms with van der Waals surface area (Å²) in [4.78, 5) is 18.3. The zero-order chi connectivity index (χ0) is 20.3. The van der Waals surface area contributed by atoms with Crippen molar-refractivity contribution in [3.8, 4) is 0 Å². The molecule has 1 amide bonds. The van der Waals surface area contributed by atoms with E-state index in [2.05, 4.69) is 46.3 Å². The average Bonchev–Trinajstić information content (AvgIpc) is 3.16. The summed E-state index contributed by atoms with van der Waals surface area (Å²) in [5.41, 5.74) is 2.66. The van der Waals surface area contributed by atoms with Gasteiger partial charge in [0.25, 0.3) is 0 Å². The molecule has 29 heavy (non-hydrogen) atoms. The largest absolute Gasteiger partial charge is 0.354 e. The Kier molecular flexibility index (Phi) is 5.97. The van der Waals surface area contributed by atoms with Gasteiger partial charge in [-0.25, -0.2) is 4.39 Å². The van der Waals surface area contributed by atoms with E-state index >= 15 is 0 Å². The van der Waals surface area contributed by atoms with Gasteiger partial charge in [-0.1, -0.05) is 49.4 Å². The molecule has 1 aliphatic carbocycles. The van der Waals surface area contributed by atoms with E-state index in [4.69, 9.17) is 0 Å². The number of likely N-dealkylation sites (N-methyl/N-ethyl adjacent to an activating group) is 1. The lowest BCUT2D eigenvalue weighted by molar-refractivity contribution is -0.134. The average molecular weight is 396 g/mol. The number of carbonyl (C=O) groups excluding carboxylic acids is 1. The molecule has 1 heterocycles. The minimum absolute atomic E-state index is 0.0787. The number of halogens is 1. The fourth-order valence-electron chi connectivity index (χ4n) is 4.79. The quantitative estimate of drug-likeness (QED) is 0.817. The number of hydrogen-bond donors (Lipinski definition) is 1. The van der Waals surface area contributed by atoms with Crippen molar-refractivity contribution in [3.05, 3.63) is 71.0 Å². The third kappa shape index (κ3) is 4.07. The van der Waals surface area contributed by atoms with Gasteiger partial charge in [-0.3, -0.25) is 9.69 Å². The molecule has 0 saturated carbocycles. The Hall–Kier alpha value is -2.24. The van der Waals surface area contributed by atoms with Gasteiger partial charge in [-0.2, -0.15) is 0 Å². The first-order valence-corrected chi connectivity index (χ1v) is 10.7. The first-order chi connectivity index (χ1) is 14.1. The van der Waals surface area contributed by atoms with Crippen LogP contribution in [-0.2, 0) is 24.1 Å². The molecule has 5 heteroatoms. The maximum Gasteiger partial charge on any atom is 0.241 e. The smallest absolute Gasteiger partial charge is 0.241 e. The minimum Gasteiger partial charge on any atom is -0.354 e. The van der Waals surface area contributed by atoms with Crippen LogP contribution in [0.15, 0.2) is 48.5 Å². The highest BCUT2D eigenvalue weighted by molar-refractivity contribution is 5.88. The number of carbonyl (C=O) groups is 1. The van der Waals surface area contributed by atoms with E-state index in [0.717, 1.165) is 45.6 Å². The molecule has 1 aliphatic heterocycles. The number of fused-ring (bicyclic) bond motifs is 1. The number of benzene rings is 2. The van der Waals surface area contributed by atoms with Crippen LogP contribution < -0.4 is 5.32 Å². The van der Waals surface area contributed by atoms with Crippen LogP contribution in [0.1, 0.15) is 23.6 Å². The summed E-state index contributed by atoms with van der Waals surface area (Å²) in [7, 11) is 0. The Bertz CT molecular complexity index is 836. The summed E-state index contributed by atoms with van der Waals surface area (Å²) in [5, 5.41) is 3.14. The van der Waals surface area contributed by atoms with Gasteiger partial charge in [0.1, 0.15) is 11.4 Å². The molecule has 2 aliphatic rings. The summed E-state index contributed by atoms with van der Waals surface area (Å²) in [6.45, 7) is 7.49. The molecule has 0 bridgehead atoms. The molecule has 0 radical (unpaired) electrons. The van der Waals surface area contributed by atoms with E-state index in [9.17, 15) is 9.18 Å². The van der Waals surface area contributed by atoms with E-state index in [0.29, 0.717) is 18.5 Å². The topological polar surface area (TPSA) is 35.6 Å². The zero-order valence-corrected chi connectivity index (χ0v) is 17.2. The standard InChI is InChI=1S/C24H30FN3O/c1-2-27-13-15-28(16-14-27)24(17-20-8-3-4-9-21(20)18-24)23(29)26-12-11-19-7-5-6-10-22(19)25/h3-10H,2,11-18H2,1H3,(H,26,29). The molecule has 0 aromatic heterocycles. The molecule has 4 rings (SSSR count). The van der Waals surface area contributed by atoms with E-state index in [-0.39, 0.29) is 11.7 Å². The number of hydrogen-bond acceptors (Lipinski definition) is 3. The molecule has 2 aromatic rings. The Morgan fingerprint density at radius 1 is 1.00 bits per heavy atom. The molecule has 0 unspecified atom stereocenters. The zero-order valence-electron chi connectivity index (χ0n) is 17.2. The van der Waals surface area contributed by atoms with E-state index in [1.165, 1.54) is 17.2 Å². The van der Waals surface area contributed by atoms with Crippen molar-refractivity contribution in [1.29, 1.82) is 0 Å². The highest BCUT2D eigenvalue weighted by Crippen LogP contribution is 2.35. The molecule has 0 atom stereocenters. The fourth-order valence-corrected chi connectivity index (χ4v) is 4.79. The summed E-state index contributed by atoms with van der Waals surface area (Å²) in [5.74, 6) is -0.129. The molecule has 1 N–H and O–H groups in total. The SMILES string of the molecule is CCN1CCN(C2(C(=O)NCCc3ccccc3F)Cc3ccccc3C2)CC1. The Balaban J connectivity index is 1.48. The van der Waals surface area contributed by atoms with Crippen LogP contribution in [0.3, 0.4) is 0 Å². The monoisotopic (exact) mass is 395 g/mol. The summed E-state index contributed by atoms with van der Waals surface area (Å²) >= 11 is 0. The van der Waals surface area contributed by atoms with Crippen molar-refractivity contribution >= 4 is 5.91 Å². The third-order valence-corrected chi connectivity index (χ3v) is 6.57. The van der Waals surface area contributed by atoms with Crippen molar-refractivity contribution in [2.24, 2.45) is 0 Å². The van der Waals surface area contributed by atoms with Gasteiger partial charge >= 0.3 is 0 Å². The molecular weight excluding hydrogens is 365 g/mol. The Morgan fingerprint density at radius 2 is 1.62 bits per heavy atom. The maximum atomic E-state index is 13.9. The van der Waals surface area contributed by atoms with E-state index in [1.807, 2.05) is 6.07 Å². The van der Waals surface area contributed by atoms with Crippen molar-refractivity contribution in [3.63, 3.8) is 0 Å². The van der Waals surface area contributed by atoms with Crippen LogP contribution in [0.4, 0.5) is 4.39 Å². The first kappa shape index (κ1) is 20.0. The molecular formula is C24H30FN3O. The van der Waals surface area contributed by atoms with Gasteiger partial charge in [0.15, 0.2) is 0 Å². The Labute approximate surface area is 172 Å². The van der Waals surface area contributed by atoms with Gasteiger partial charge in [0, 0.05) is 45.6 Å². The second-order valence-corrected chi connectivity index (χ2v) is 8.17. The van der Waals surface area contributed by atoms with Gasteiger partial charge in [0.2, 0.25) is 5.91 Å². The summed E-state index contributed by atoms with van der Waals surface area (Å²) in [6.07, 6.45) is 2.01. The lowest BCUT2D eigenvalue weighted by Gasteiger charge is -2.44. The Morgan fingerprint density at radius 3 is 2.24 bits per heavy atom. The predicted molar refractivity (Wildman–Crippen MR) is 113 cm³/mol. The van der Waals surface area contributed by atoms with Crippen LogP contribution in [-0.4, -0.2) is 60.5 Å². The fraction of sp³-hybridized carbons (Fsp3) is 0.458. The van der Waals surface area contributed by atoms with Crippen LogP contribution in [0, 0.1) is 5.82 Å². The lowest BCUT2D eigenvalue weighted by Crippen LogP contribution is -2.64. The molecule has 4 nitrogen and oxygen atoms in total. The van der Waals surface area contributed by atoms with Crippen molar-refractivity contribution in [2.75, 3.05) is 39.3 Å². The van der Waals surface area contributed by atoms with Crippen LogP contribution in [0.2, 0.25) is 0 Å². The van der Waals surface area contributed by atoms with Crippen LogP contribution in [0.5, 0.6) is 0 Å². The predicted octanol–water partition coefficient (Wildman–Crippen LogP) is 2.66. The van der Waals surface area contributed by atoms with Gasteiger partial charge in [-0.05, 0) is 35.7 Å². The second-order valence-electron chi connectivity index (χ2n) is 8.17. The van der Waals surface area contributed by atoms with Crippen LogP contribution in [0.25, 0.3) is 0 Å². The van der Waals surface area contributed by atoms with Gasteiger partial charge in [-0.15, -0.1) is 0 Å². The van der Waals surface area contributed by atoms with Crippen LogP contribution >= 0.6 is 0 Å². The first-order valence-electron chi connectivity index (χ1n) is 10.7. The highest BCUT2D eigenvalue weighted by atomic mass is 19.1. The molecule has 154 valence electrons. The molecule has 2 aromatic carbocycles. The van der Waals surface area contributed by atoms with Crippen molar-refractivity contribution in [1.82, 2.24) is 15.1 Å². The minimum atomic E-state index is -0.529. The van der Waals surface area contributed by atoms with Crippen molar-refractivity contribution in [2.45, 2.75) is 31.7 Å². The number of nitrogens with one attached hydrogen (secondary N) is 1. The van der Waals surface area contributed by atoms with E-state index < -0.39 is 5.54 Å². The summed E-state index contributed by atoms with van der Waals surface area (Å²) < 4.78 is 13.9. The molecule has 0 spiro atoms. The number of amides is 1.